The van der Waals surface area contributed by atoms with Crippen LogP contribution in [0.2, 0.25) is 5.02 Å². The second-order valence-electron chi connectivity index (χ2n) is 8.35. The van der Waals surface area contributed by atoms with E-state index in [0.29, 0.717) is 5.82 Å². The molecule has 0 saturated carbocycles. The van der Waals surface area contributed by atoms with Crippen molar-refractivity contribution in [2.24, 2.45) is 0 Å². The van der Waals surface area contributed by atoms with Crippen LogP contribution in [0.15, 0.2) is 17.5 Å². The van der Waals surface area contributed by atoms with Gasteiger partial charge >= 0.3 is 0 Å². The molecule has 0 atom stereocenters. The Kier molecular flexibility index (Phi) is 8.48. The Balaban J connectivity index is 0.00000144. The zero-order chi connectivity index (χ0) is 20.7. The lowest BCUT2D eigenvalue weighted by atomic mass is 10.1. The first kappa shape index (κ1) is 25.3. The first-order chi connectivity index (χ1) is 14.6. The number of fused-ring (bicyclic) bond motifs is 1. The molecule has 4 nitrogen and oxygen atoms in total. The summed E-state index contributed by atoms with van der Waals surface area (Å²) in [5, 5.41) is 2.30. The third-order valence-electron chi connectivity index (χ3n) is 6.21. The van der Waals surface area contributed by atoms with Gasteiger partial charge in [-0.05, 0) is 68.5 Å². The molecule has 0 N–H and O–H groups in total. The second kappa shape index (κ2) is 10.7. The monoisotopic (exact) mass is 516 g/mol. The third-order valence-corrected chi connectivity index (χ3v) is 7.58. The van der Waals surface area contributed by atoms with Crippen molar-refractivity contribution in [1.29, 1.82) is 0 Å². The maximum atomic E-state index is 14.6. The largest absolute Gasteiger partial charge is 0.371 e. The molecule has 1 aromatic carbocycles. The highest BCUT2D eigenvalue weighted by atomic mass is 35.5. The SMILES string of the molecule is Cc1csc2c(N3CCCCC3)nc(-c3cc(F)c(Cl)cc3N3CCCCC3)nc12.Cl.Cl. The topological polar surface area (TPSA) is 32.3 Å². The fraction of sp³-hybridized carbons (Fsp3) is 0.478. The molecule has 32 heavy (non-hydrogen) atoms. The summed E-state index contributed by atoms with van der Waals surface area (Å²) in [6, 6.07) is 3.28. The summed E-state index contributed by atoms with van der Waals surface area (Å²) in [5.74, 6) is 1.17. The van der Waals surface area contributed by atoms with Crippen molar-refractivity contribution in [2.45, 2.75) is 45.4 Å². The molecule has 0 unspecified atom stereocenters. The highest BCUT2D eigenvalue weighted by Crippen LogP contribution is 2.39. The van der Waals surface area contributed by atoms with Crippen molar-refractivity contribution >= 4 is 69.5 Å². The summed E-state index contributed by atoms with van der Waals surface area (Å²) >= 11 is 7.90. The number of piperidine rings is 2. The molecule has 2 saturated heterocycles. The fourth-order valence-electron chi connectivity index (χ4n) is 4.57. The van der Waals surface area contributed by atoms with E-state index in [9.17, 15) is 4.39 Å². The van der Waals surface area contributed by atoms with Crippen LogP contribution >= 0.6 is 47.8 Å². The first-order valence-corrected chi connectivity index (χ1v) is 12.1. The zero-order valence-electron chi connectivity index (χ0n) is 18.1. The molecule has 0 radical (unpaired) electrons. The number of hydrogen-bond donors (Lipinski definition) is 0. The number of aryl methyl sites for hydroxylation is 1. The third kappa shape index (κ3) is 4.79. The number of benzene rings is 1. The van der Waals surface area contributed by atoms with Crippen molar-refractivity contribution in [2.75, 3.05) is 36.0 Å². The van der Waals surface area contributed by atoms with Gasteiger partial charge in [0, 0.05) is 37.4 Å². The summed E-state index contributed by atoms with van der Waals surface area (Å²) in [7, 11) is 0. The molecule has 0 spiro atoms. The normalized spacial score (nSPS) is 16.6. The van der Waals surface area contributed by atoms with Gasteiger partial charge in [-0.2, -0.15) is 0 Å². The van der Waals surface area contributed by atoms with Crippen LogP contribution in [-0.4, -0.2) is 36.1 Å². The molecule has 0 amide bonds. The predicted octanol–water partition coefficient (Wildman–Crippen LogP) is 7.28. The van der Waals surface area contributed by atoms with Gasteiger partial charge in [-0.3, -0.25) is 0 Å². The number of rotatable bonds is 3. The number of nitrogens with zero attached hydrogens (tertiary/aromatic N) is 4. The van der Waals surface area contributed by atoms with Crippen LogP contribution in [-0.2, 0) is 0 Å². The Morgan fingerprint density at radius 1 is 0.906 bits per heavy atom. The Bertz CT molecular complexity index is 1080. The predicted molar refractivity (Wildman–Crippen MR) is 139 cm³/mol. The van der Waals surface area contributed by atoms with Gasteiger partial charge in [0.05, 0.1) is 15.2 Å². The van der Waals surface area contributed by atoms with Crippen LogP contribution in [0.5, 0.6) is 0 Å². The van der Waals surface area contributed by atoms with E-state index in [2.05, 4.69) is 22.1 Å². The average Bonchev–Trinajstić information content (AvgIpc) is 3.16. The Labute approximate surface area is 210 Å². The lowest BCUT2D eigenvalue weighted by molar-refractivity contribution is 0.574. The molecule has 0 aliphatic carbocycles. The summed E-state index contributed by atoms with van der Waals surface area (Å²) in [4.78, 5) is 14.6. The van der Waals surface area contributed by atoms with Crippen molar-refractivity contribution in [1.82, 2.24) is 9.97 Å². The average molecular weight is 518 g/mol. The molecule has 5 rings (SSSR count). The van der Waals surface area contributed by atoms with E-state index in [4.69, 9.17) is 21.6 Å². The standard InChI is InChI=1S/C23H26ClFN4S.2ClH/c1-15-14-30-21-20(15)26-22(27-23(21)29-10-6-3-7-11-29)16-12-18(25)17(24)13-19(16)28-8-4-2-5-9-28;;/h12-14H,2-11H2,1H3;2*1H. The second-order valence-corrected chi connectivity index (χ2v) is 9.63. The maximum absolute atomic E-state index is 14.6. The van der Waals surface area contributed by atoms with E-state index in [1.165, 1.54) is 31.7 Å². The molecule has 3 aromatic rings. The van der Waals surface area contributed by atoms with E-state index in [1.54, 1.807) is 17.4 Å². The summed E-state index contributed by atoms with van der Waals surface area (Å²) in [5.41, 5.74) is 3.80. The minimum Gasteiger partial charge on any atom is -0.371 e. The number of hydrogen-bond acceptors (Lipinski definition) is 5. The summed E-state index contributed by atoms with van der Waals surface area (Å²) < 4.78 is 15.7. The first-order valence-electron chi connectivity index (χ1n) is 10.9. The molecule has 4 heterocycles. The summed E-state index contributed by atoms with van der Waals surface area (Å²) in [6.07, 6.45) is 7.13. The van der Waals surface area contributed by atoms with E-state index in [-0.39, 0.29) is 29.8 Å². The van der Waals surface area contributed by atoms with E-state index >= 15 is 0 Å². The Hall–Kier alpha value is -1.34. The van der Waals surface area contributed by atoms with Gasteiger partial charge in [0.25, 0.3) is 0 Å². The van der Waals surface area contributed by atoms with Crippen LogP contribution in [0, 0.1) is 12.7 Å². The zero-order valence-corrected chi connectivity index (χ0v) is 21.3. The molecule has 2 fully saturated rings. The van der Waals surface area contributed by atoms with Crippen LogP contribution in [0.3, 0.4) is 0 Å². The van der Waals surface area contributed by atoms with Crippen LogP contribution in [0.25, 0.3) is 21.6 Å². The molecule has 174 valence electrons. The maximum Gasteiger partial charge on any atom is 0.164 e. The fourth-order valence-corrected chi connectivity index (χ4v) is 5.73. The summed E-state index contributed by atoms with van der Waals surface area (Å²) in [6.45, 7) is 6.01. The van der Waals surface area contributed by atoms with E-state index < -0.39 is 5.82 Å². The number of halogens is 4. The van der Waals surface area contributed by atoms with Gasteiger partial charge in [0.1, 0.15) is 5.82 Å². The van der Waals surface area contributed by atoms with Gasteiger partial charge in [0.2, 0.25) is 0 Å². The van der Waals surface area contributed by atoms with Gasteiger partial charge < -0.3 is 9.80 Å². The van der Waals surface area contributed by atoms with Crippen molar-refractivity contribution in [3.05, 3.63) is 33.9 Å². The van der Waals surface area contributed by atoms with E-state index in [1.807, 2.05) is 0 Å². The highest BCUT2D eigenvalue weighted by molar-refractivity contribution is 7.18. The molecular weight excluding hydrogens is 490 g/mol. The van der Waals surface area contributed by atoms with Crippen LogP contribution < -0.4 is 9.80 Å². The Morgan fingerprint density at radius 2 is 1.53 bits per heavy atom. The van der Waals surface area contributed by atoms with Gasteiger partial charge in [0.15, 0.2) is 11.6 Å². The van der Waals surface area contributed by atoms with Crippen LogP contribution in [0.1, 0.15) is 44.1 Å². The number of aromatic nitrogens is 2. The number of anilines is 2. The van der Waals surface area contributed by atoms with Crippen molar-refractivity contribution in [3.8, 4) is 11.4 Å². The van der Waals surface area contributed by atoms with Crippen LogP contribution in [0.4, 0.5) is 15.9 Å². The molecular formula is C23H28Cl3FN4S. The molecule has 9 heteroatoms. The quantitative estimate of drug-likeness (QED) is 0.365. The minimum absolute atomic E-state index is 0. The molecule has 2 aromatic heterocycles. The smallest absolute Gasteiger partial charge is 0.164 e. The molecule has 2 aliphatic rings. The highest BCUT2D eigenvalue weighted by Gasteiger charge is 2.24. The van der Waals surface area contributed by atoms with Gasteiger partial charge in [-0.25, -0.2) is 14.4 Å². The van der Waals surface area contributed by atoms with E-state index in [0.717, 1.165) is 71.9 Å². The Morgan fingerprint density at radius 3 is 2.19 bits per heavy atom. The minimum atomic E-state index is -0.419. The van der Waals surface area contributed by atoms with Gasteiger partial charge in [-0.1, -0.05) is 11.6 Å². The lowest BCUT2D eigenvalue weighted by Crippen LogP contribution is -2.31. The van der Waals surface area contributed by atoms with Crippen molar-refractivity contribution < 1.29 is 4.39 Å². The number of thiophene rings is 1. The van der Waals surface area contributed by atoms with Crippen molar-refractivity contribution in [3.63, 3.8) is 0 Å². The molecule has 0 bridgehead atoms. The molecule has 2 aliphatic heterocycles. The van der Waals surface area contributed by atoms with Gasteiger partial charge in [-0.15, -0.1) is 36.2 Å². The lowest BCUT2D eigenvalue weighted by Gasteiger charge is -2.31.